The molecule has 3 amide bonds. The molecule has 1 aromatic rings. The van der Waals surface area contributed by atoms with Crippen molar-refractivity contribution in [1.82, 2.24) is 15.1 Å². The molecule has 3 aliphatic rings. The van der Waals surface area contributed by atoms with Gasteiger partial charge in [-0.3, -0.25) is 4.79 Å². The Kier molecular flexibility index (Phi) is 6.08. The highest BCUT2D eigenvalue weighted by molar-refractivity contribution is 7.81. The Morgan fingerprint density at radius 3 is 2.71 bits per heavy atom. The molecule has 3 atom stereocenters. The number of carbonyl (C=O) groups excluding carboxylic acids is 2. The third kappa shape index (κ3) is 4.62. The fourth-order valence-electron chi connectivity index (χ4n) is 4.39. The monoisotopic (exact) mass is 461 g/mol. The van der Waals surface area contributed by atoms with Crippen LogP contribution in [-0.2, 0) is 22.1 Å². The number of thiol groups is 1. The van der Waals surface area contributed by atoms with Gasteiger partial charge in [-0.05, 0) is 25.0 Å². The molecule has 0 aromatic heterocycles. The van der Waals surface area contributed by atoms with Crippen LogP contribution in [0.1, 0.15) is 17.5 Å². The quantitative estimate of drug-likeness (QED) is 0.537. The number of urea groups is 1. The van der Waals surface area contributed by atoms with Crippen molar-refractivity contribution in [2.24, 2.45) is 5.92 Å². The van der Waals surface area contributed by atoms with E-state index in [1.54, 1.807) is 9.80 Å². The number of amides is 3. The minimum absolute atomic E-state index is 0.0321. The summed E-state index contributed by atoms with van der Waals surface area (Å²) in [4.78, 5) is 27.5. The number of rotatable bonds is 3. The highest BCUT2D eigenvalue weighted by Crippen LogP contribution is 2.36. The second-order valence-corrected chi connectivity index (χ2v) is 8.90. The summed E-state index contributed by atoms with van der Waals surface area (Å²) < 4.78 is 59.2. The molecule has 0 saturated carbocycles. The van der Waals surface area contributed by atoms with Gasteiger partial charge in [-0.2, -0.15) is 25.8 Å². The smallest absolute Gasteiger partial charge is 0.366 e. The van der Waals surface area contributed by atoms with Crippen molar-refractivity contribution in [2.45, 2.75) is 36.4 Å². The largest absolute Gasteiger partial charge is 0.416 e. The Bertz CT molecular complexity index is 863. The molecule has 0 radical (unpaired) electrons. The Balaban J connectivity index is 1.32. The van der Waals surface area contributed by atoms with E-state index >= 15 is 0 Å². The van der Waals surface area contributed by atoms with Crippen LogP contribution in [0.25, 0.3) is 0 Å². The molecule has 4 rings (SSSR count). The van der Waals surface area contributed by atoms with Crippen molar-refractivity contribution in [2.75, 3.05) is 32.8 Å². The molecular weight excluding hydrogens is 438 g/mol. The number of hydrogen-bond donors (Lipinski definition) is 2. The Morgan fingerprint density at radius 2 is 2.00 bits per heavy atom. The summed E-state index contributed by atoms with van der Waals surface area (Å²) in [6.45, 7) is 1.58. The zero-order valence-electron chi connectivity index (χ0n) is 16.6. The van der Waals surface area contributed by atoms with E-state index in [0.717, 1.165) is 18.2 Å². The summed E-state index contributed by atoms with van der Waals surface area (Å²) in [5.74, 6) is -1.24. The average Bonchev–Trinajstić information content (AvgIpc) is 2.66. The first-order valence-corrected chi connectivity index (χ1v) is 10.6. The van der Waals surface area contributed by atoms with Gasteiger partial charge in [0.1, 0.15) is 12.4 Å². The number of carbonyl (C=O) groups is 2. The number of benzene rings is 1. The van der Waals surface area contributed by atoms with Crippen LogP contribution < -0.4 is 5.32 Å². The lowest BCUT2D eigenvalue weighted by Crippen LogP contribution is -2.64. The molecule has 6 nitrogen and oxygen atoms in total. The molecule has 1 unspecified atom stereocenters. The number of nitrogens with one attached hydrogen (secondary N) is 1. The van der Waals surface area contributed by atoms with Gasteiger partial charge in [-0.1, -0.05) is 6.07 Å². The van der Waals surface area contributed by atoms with E-state index in [2.05, 4.69) is 17.9 Å². The van der Waals surface area contributed by atoms with Crippen molar-refractivity contribution >= 4 is 24.6 Å². The number of ether oxygens (including phenoxy) is 1. The topological polar surface area (TPSA) is 61.9 Å². The van der Waals surface area contributed by atoms with Crippen molar-refractivity contribution in [3.05, 3.63) is 35.1 Å². The molecule has 3 fully saturated rings. The van der Waals surface area contributed by atoms with Crippen molar-refractivity contribution < 1.29 is 31.9 Å². The van der Waals surface area contributed by atoms with Crippen LogP contribution in [0, 0.1) is 11.7 Å². The average molecular weight is 461 g/mol. The first kappa shape index (κ1) is 22.2. The minimum atomic E-state index is -4.64. The van der Waals surface area contributed by atoms with Gasteiger partial charge in [0.25, 0.3) is 0 Å². The van der Waals surface area contributed by atoms with Crippen LogP contribution in [0.4, 0.5) is 22.4 Å². The molecule has 3 saturated heterocycles. The number of piperidine rings is 1. The molecular formula is C20H23F4N3O3S. The molecule has 3 heterocycles. The third-order valence-corrected chi connectivity index (χ3v) is 6.76. The number of fused-ring (bicyclic) bond motifs is 1. The predicted octanol–water partition coefficient (Wildman–Crippen LogP) is 2.33. The van der Waals surface area contributed by atoms with Gasteiger partial charge < -0.3 is 19.9 Å². The molecule has 0 bridgehead atoms. The highest BCUT2D eigenvalue weighted by atomic mass is 32.1. The van der Waals surface area contributed by atoms with Gasteiger partial charge >= 0.3 is 12.2 Å². The van der Waals surface area contributed by atoms with Crippen LogP contribution in [-0.4, -0.2) is 71.9 Å². The van der Waals surface area contributed by atoms with Gasteiger partial charge in [0.2, 0.25) is 5.91 Å². The van der Waals surface area contributed by atoms with Crippen LogP contribution in [0.5, 0.6) is 0 Å². The van der Waals surface area contributed by atoms with Crippen molar-refractivity contribution in [1.29, 1.82) is 0 Å². The van der Waals surface area contributed by atoms with Crippen LogP contribution >= 0.6 is 12.6 Å². The molecule has 3 aliphatic heterocycles. The van der Waals surface area contributed by atoms with E-state index < -0.39 is 28.4 Å². The molecule has 11 heteroatoms. The number of hydrogen-bond acceptors (Lipinski definition) is 4. The van der Waals surface area contributed by atoms with E-state index in [-0.39, 0.29) is 43.0 Å². The highest BCUT2D eigenvalue weighted by Gasteiger charge is 2.42. The van der Waals surface area contributed by atoms with Crippen molar-refractivity contribution in [3.63, 3.8) is 0 Å². The van der Waals surface area contributed by atoms with E-state index in [4.69, 9.17) is 4.74 Å². The first-order valence-electron chi connectivity index (χ1n) is 10.1. The molecule has 1 N–H and O–H groups in total. The maximum Gasteiger partial charge on any atom is 0.416 e. The SMILES string of the molecule is O=C1CO[C@H]2CCN(C(=O)N3CC(C(S)Cc4c(F)cccc4C(F)(F)F)C3)C[C@H]2N1. The third-order valence-electron chi connectivity index (χ3n) is 6.16. The van der Waals surface area contributed by atoms with Crippen LogP contribution in [0.15, 0.2) is 18.2 Å². The van der Waals surface area contributed by atoms with E-state index in [0.29, 0.717) is 32.6 Å². The number of likely N-dealkylation sites (tertiary alicyclic amines) is 2. The summed E-state index contributed by atoms with van der Waals surface area (Å²) in [5, 5.41) is 2.32. The van der Waals surface area contributed by atoms with Crippen molar-refractivity contribution in [3.8, 4) is 0 Å². The zero-order valence-corrected chi connectivity index (χ0v) is 17.5. The van der Waals surface area contributed by atoms with Gasteiger partial charge in [-0.15, -0.1) is 0 Å². The summed E-state index contributed by atoms with van der Waals surface area (Å²) in [7, 11) is 0. The standard InChI is InChI=1S/C20H23F4N3O3S/c21-14-3-1-2-13(20(22,23)24)12(14)6-17(31)11-7-27(8-11)19(29)26-5-4-16-15(9-26)25-18(28)10-30-16/h1-3,11,15-17,31H,4-10H2,(H,25,28)/t15-,16+,17?/m1/s1. The predicted molar refractivity (Wildman–Crippen MR) is 106 cm³/mol. The Labute approximate surface area is 182 Å². The Morgan fingerprint density at radius 1 is 1.26 bits per heavy atom. The second kappa shape index (κ2) is 8.50. The van der Waals surface area contributed by atoms with Gasteiger partial charge in [-0.25, -0.2) is 9.18 Å². The number of alkyl halides is 3. The molecule has 31 heavy (non-hydrogen) atoms. The zero-order chi connectivity index (χ0) is 22.3. The summed E-state index contributed by atoms with van der Waals surface area (Å²) in [6, 6.07) is 2.50. The summed E-state index contributed by atoms with van der Waals surface area (Å²) in [6.07, 6.45) is -4.29. The van der Waals surface area contributed by atoms with E-state index in [1.807, 2.05) is 0 Å². The number of morpholine rings is 1. The van der Waals surface area contributed by atoms with E-state index in [1.165, 1.54) is 0 Å². The number of nitrogens with zero attached hydrogens (tertiary/aromatic N) is 2. The summed E-state index contributed by atoms with van der Waals surface area (Å²) in [5.41, 5.74) is -1.38. The van der Waals surface area contributed by atoms with Gasteiger partial charge in [0, 0.05) is 42.9 Å². The lowest BCUT2D eigenvalue weighted by Gasteiger charge is -2.47. The van der Waals surface area contributed by atoms with Gasteiger partial charge in [0.15, 0.2) is 0 Å². The maximum absolute atomic E-state index is 14.1. The van der Waals surface area contributed by atoms with Crippen LogP contribution in [0.3, 0.4) is 0 Å². The van der Waals surface area contributed by atoms with Gasteiger partial charge in [0.05, 0.1) is 17.7 Å². The molecule has 170 valence electrons. The molecule has 1 aromatic carbocycles. The first-order chi connectivity index (χ1) is 14.6. The minimum Gasteiger partial charge on any atom is -0.366 e. The fraction of sp³-hybridized carbons (Fsp3) is 0.600. The van der Waals surface area contributed by atoms with E-state index in [9.17, 15) is 27.2 Å². The lowest BCUT2D eigenvalue weighted by molar-refractivity contribution is -0.140. The summed E-state index contributed by atoms with van der Waals surface area (Å²) >= 11 is 4.42. The molecule has 0 aliphatic carbocycles. The number of halogens is 4. The maximum atomic E-state index is 14.1. The van der Waals surface area contributed by atoms with Crippen LogP contribution in [0.2, 0.25) is 0 Å². The molecule has 0 spiro atoms. The fourth-order valence-corrected chi connectivity index (χ4v) is 4.76. The lowest BCUT2D eigenvalue weighted by atomic mass is 9.90. The Hall–Kier alpha value is -2.01. The normalized spacial score (nSPS) is 25.5. The second-order valence-electron chi connectivity index (χ2n) is 8.24.